The van der Waals surface area contributed by atoms with Gasteiger partial charge in [0.25, 0.3) is 0 Å². The molecule has 0 bridgehead atoms. The second-order valence-electron chi connectivity index (χ2n) is 5.48. The number of rotatable bonds is 8. The molecular weight excluding hydrogens is 216 g/mol. The van der Waals surface area contributed by atoms with Gasteiger partial charge in [-0.05, 0) is 45.4 Å². The van der Waals surface area contributed by atoms with E-state index in [9.17, 15) is 0 Å². The van der Waals surface area contributed by atoms with Crippen LogP contribution in [0.1, 0.15) is 64.7 Å². The van der Waals surface area contributed by atoms with E-state index in [1.54, 1.807) is 0 Å². The minimum Gasteiger partial charge on any atom is -0.396 e. The van der Waals surface area contributed by atoms with Crippen molar-refractivity contribution < 1.29 is 14.9 Å². The lowest BCUT2D eigenvalue weighted by atomic mass is 9.86. The number of hydrogen-bond acceptors (Lipinski definition) is 3. The highest BCUT2D eigenvalue weighted by Crippen LogP contribution is 2.33. The molecule has 0 heterocycles. The van der Waals surface area contributed by atoms with E-state index in [-0.39, 0.29) is 24.9 Å². The summed E-state index contributed by atoms with van der Waals surface area (Å²) in [4.78, 5) is 0. The molecule has 0 amide bonds. The second kappa shape index (κ2) is 8.06. The van der Waals surface area contributed by atoms with Crippen LogP contribution >= 0.6 is 0 Å². The molecule has 1 aliphatic carbocycles. The summed E-state index contributed by atoms with van der Waals surface area (Å²) in [5.41, 5.74) is 0.0355. The Hall–Kier alpha value is -0.120. The predicted octanol–water partition coefficient (Wildman–Crippen LogP) is 2.64. The monoisotopic (exact) mass is 244 g/mol. The van der Waals surface area contributed by atoms with E-state index < -0.39 is 0 Å². The molecule has 0 radical (unpaired) electrons. The van der Waals surface area contributed by atoms with Gasteiger partial charge < -0.3 is 14.9 Å². The average Bonchev–Trinajstić information content (AvgIpc) is 2.33. The lowest BCUT2D eigenvalue weighted by Gasteiger charge is -2.37. The summed E-state index contributed by atoms with van der Waals surface area (Å²) in [7, 11) is 0. The van der Waals surface area contributed by atoms with Gasteiger partial charge >= 0.3 is 0 Å². The van der Waals surface area contributed by atoms with Crippen molar-refractivity contribution in [3.8, 4) is 0 Å². The molecule has 0 spiro atoms. The van der Waals surface area contributed by atoms with Crippen molar-refractivity contribution >= 4 is 0 Å². The van der Waals surface area contributed by atoms with Gasteiger partial charge in [-0.3, -0.25) is 0 Å². The third-order valence-corrected chi connectivity index (χ3v) is 3.73. The molecule has 3 heteroatoms. The topological polar surface area (TPSA) is 49.7 Å². The van der Waals surface area contributed by atoms with Crippen LogP contribution in [-0.4, -0.2) is 35.1 Å². The van der Waals surface area contributed by atoms with Crippen LogP contribution in [0.5, 0.6) is 0 Å². The van der Waals surface area contributed by atoms with Gasteiger partial charge in [0, 0.05) is 13.2 Å². The smallest absolute Gasteiger partial charge is 0.0658 e. The van der Waals surface area contributed by atoms with E-state index >= 15 is 0 Å². The molecule has 3 nitrogen and oxygen atoms in total. The maximum atomic E-state index is 8.91. The fraction of sp³-hybridized carbons (Fsp3) is 1.00. The molecule has 0 saturated heterocycles. The molecule has 1 fully saturated rings. The van der Waals surface area contributed by atoms with Crippen molar-refractivity contribution in [3.63, 3.8) is 0 Å². The molecule has 2 N–H and O–H groups in total. The fourth-order valence-corrected chi connectivity index (χ4v) is 2.72. The van der Waals surface area contributed by atoms with E-state index in [0.717, 1.165) is 38.5 Å². The van der Waals surface area contributed by atoms with Crippen LogP contribution in [0.4, 0.5) is 0 Å². The van der Waals surface area contributed by atoms with Crippen LogP contribution in [0.15, 0.2) is 0 Å². The van der Waals surface area contributed by atoms with Gasteiger partial charge in [0.15, 0.2) is 0 Å². The zero-order chi connectivity index (χ0) is 12.6. The van der Waals surface area contributed by atoms with Crippen molar-refractivity contribution in [1.29, 1.82) is 0 Å². The van der Waals surface area contributed by atoms with Gasteiger partial charge in [-0.1, -0.05) is 19.3 Å². The molecule has 0 unspecified atom stereocenters. The van der Waals surface area contributed by atoms with E-state index in [1.165, 1.54) is 19.3 Å². The normalized spacial score (nSPS) is 19.8. The first-order valence-corrected chi connectivity index (χ1v) is 7.10. The zero-order valence-corrected chi connectivity index (χ0v) is 11.2. The number of aliphatic hydroxyl groups excluding tert-OH is 2. The summed E-state index contributed by atoms with van der Waals surface area (Å²) in [5.74, 6) is 0. The maximum absolute atomic E-state index is 8.91. The predicted molar refractivity (Wildman–Crippen MR) is 69.0 cm³/mol. The van der Waals surface area contributed by atoms with Crippen LogP contribution in [0.3, 0.4) is 0 Å². The Balaban J connectivity index is 2.38. The number of hydrogen-bond donors (Lipinski definition) is 2. The average molecular weight is 244 g/mol. The molecule has 0 aromatic rings. The van der Waals surface area contributed by atoms with Crippen molar-refractivity contribution in [2.45, 2.75) is 76.4 Å². The molecule has 17 heavy (non-hydrogen) atoms. The first-order valence-electron chi connectivity index (χ1n) is 7.10. The van der Waals surface area contributed by atoms with Crippen molar-refractivity contribution in [2.75, 3.05) is 13.2 Å². The molecule has 1 rings (SSSR count). The molecular formula is C14H28O3. The minimum absolute atomic E-state index is 0.0355. The van der Waals surface area contributed by atoms with Gasteiger partial charge in [0.05, 0.1) is 11.7 Å². The number of aliphatic hydroxyl groups is 2. The third kappa shape index (κ3) is 5.84. The molecule has 1 aliphatic rings. The Kier molecular flexibility index (Phi) is 7.09. The molecule has 0 aromatic carbocycles. The Bertz CT molecular complexity index is 180. The van der Waals surface area contributed by atoms with E-state index in [4.69, 9.17) is 14.9 Å². The summed E-state index contributed by atoms with van der Waals surface area (Å²) in [6.45, 7) is 2.68. The van der Waals surface area contributed by atoms with Crippen LogP contribution in [0, 0.1) is 0 Å². The quantitative estimate of drug-likeness (QED) is 0.690. The third-order valence-electron chi connectivity index (χ3n) is 3.73. The Morgan fingerprint density at radius 1 is 1.00 bits per heavy atom. The Morgan fingerprint density at radius 3 is 2.00 bits per heavy atom. The molecule has 0 atom stereocenters. The Morgan fingerprint density at radius 2 is 1.53 bits per heavy atom. The summed E-state index contributed by atoms with van der Waals surface area (Å²) in [6.07, 6.45) is 9.79. The highest BCUT2D eigenvalue weighted by molar-refractivity contribution is 4.81. The van der Waals surface area contributed by atoms with Gasteiger partial charge in [-0.2, -0.15) is 0 Å². The van der Waals surface area contributed by atoms with Crippen molar-refractivity contribution in [2.24, 2.45) is 0 Å². The summed E-state index contributed by atoms with van der Waals surface area (Å²) in [6, 6.07) is 0. The molecule has 1 saturated carbocycles. The zero-order valence-electron chi connectivity index (χ0n) is 11.2. The lowest BCUT2D eigenvalue weighted by molar-refractivity contribution is -0.109. The highest BCUT2D eigenvalue weighted by atomic mass is 16.5. The summed E-state index contributed by atoms with van der Waals surface area (Å²) < 4.78 is 6.26. The van der Waals surface area contributed by atoms with E-state index in [2.05, 4.69) is 6.92 Å². The molecule has 0 aromatic heterocycles. The highest BCUT2D eigenvalue weighted by Gasteiger charge is 2.30. The van der Waals surface area contributed by atoms with Crippen molar-refractivity contribution in [1.82, 2.24) is 0 Å². The number of ether oxygens (including phenoxy) is 1. The van der Waals surface area contributed by atoms with Crippen molar-refractivity contribution in [3.05, 3.63) is 0 Å². The lowest BCUT2D eigenvalue weighted by Crippen LogP contribution is -2.36. The van der Waals surface area contributed by atoms with Gasteiger partial charge in [0.2, 0.25) is 0 Å². The standard InChI is InChI=1S/C14H28O3/c1-14(9-3-2-4-10-14)17-13(7-5-11-15)8-6-12-16/h13,15-16H,2-12H2,1H3. The summed E-state index contributed by atoms with van der Waals surface area (Å²) in [5, 5.41) is 17.8. The van der Waals surface area contributed by atoms with Gasteiger partial charge in [-0.15, -0.1) is 0 Å². The van der Waals surface area contributed by atoms with Crippen LogP contribution in [-0.2, 0) is 4.74 Å². The SMILES string of the molecule is CC1(OC(CCCO)CCCO)CCCCC1. The summed E-state index contributed by atoms with van der Waals surface area (Å²) >= 11 is 0. The van der Waals surface area contributed by atoms with Gasteiger partial charge in [0.1, 0.15) is 0 Å². The van der Waals surface area contributed by atoms with E-state index in [1.807, 2.05) is 0 Å². The van der Waals surface area contributed by atoms with Crippen LogP contribution in [0.25, 0.3) is 0 Å². The fourth-order valence-electron chi connectivity index (χ4n) is 2.72. The van der Waals surface area contributed by atoms with Gasteiger partial charge in [-0.25, -0.2) is 0 Å². The molecule has 0 aliphatic heterocycles. The largest absolute Gasteiger partial charge is 0.396 e. The molecule has 102 valence electrons. The van der Waals surface area contributed by atoms with Crippen LogP contribution < -0.4 is 0 Å². The Labute approximate surface area is 105 Å². The first-order chi connectivity index (χ1) is 8.20. The van der Waals surface area contributed by atoms with Crippen LogP contribution in [0.2, 0.25) is 0 Å². The van der Waals surface area contributed by atoms with E-state index in [0.29, 0.717) is 0 Å². The minimum atomic E-state index is 0.0355. The maximum Gasteiger partial charge on any atom is 0.0658 e. The second-order valence-corrected chi connectivity index (χ2v) is 5.48. The first kappa shape index (κ1) is 14.9.